The highest BCUT2D eigenvalue weighted by molar-refractivity contribution is 5.66. The fourth-order valence-corrected chi connectivity index (χ4v) is 2.43. The molecule has 0 spiro atoms. The van der Waals surface area contributed by atoms with E-state index in [0.717, 1.165) is 18.5 Å². The molecule has 0 saturated heterocycles. The first-order chi connectivity index (χ1) is 9.76. The van der Waals surface area contributed by atoms with Crippen molar-refractivity contribution in [1.82, 2.24) is 0 Å². The average Bonchev–Trinajstić information content (AvgIpc) is 2.50. The van der Waals surface area contributed by atoms with E-state index in [-0.39, 0.29) is 6.61 Å². The van der Waals surface area contributed by atoms with E-state index in [0.29, 0.717) is 0 Å². The number of rotatable bonds is 6. The molecule has 2 aromatic rings. The van der Waals surface area contributed by atoms with E-state index in [1.807, 2.05) is 12.1 Å². The van der Waals surface area contributed by atoms with Crippen LogP contribution in [0.25, 0.3) is 0 Å². The molecule has 2 heteroatoms. The molecule has 0 bridgehead atoms. The summed E-state index contributed by atoms with van der Waals surface area (Å²) in [5.41, 5.74) is 4.62. The Morgan fingerprint density at radius 3 is 2.40 bits per heavy atom. The van der Waals surface area contributed by atoms with Gasteiger partial charge >= 0.3 is 0 Å². The van der Waals surface area contributed by atoms with Gasteiger partial charge in [0.25, 0.3) is 0 Å². The van der Waals surface area contributed by atoms with E-state index in [4.69, 9.17) is 0 Å². The molecule has 0 amide bonds. The third kappa shape index (κ3) is 3.40. The van der Waals surface area contributed by atoms with Crippen LogP contribution in [0, 0.1) is 6.92 Å². The molecule has 0 radical (unpaired) electrons. The predicted molar refractivity (Wildman–Crippen MR) is 85.5 cm³/mol. The van der Waals surface area contributed by atoms with Gasteiger partial charge in [-0.1, -0.05) is 43.7 Å². The molecule has 0 heterocycles. The van der Waals surface area contributed by atoms with Gasteiger partial charge < -0.3 is 10.0 Å². The highest BCUT2D eigenvalue weighted by atomic mass is 16.3. The first-order valence-electron chi connectivity index (χ1n) is 7.29. The summed E-state index contributed by atoms with van der Waals surface area (Å²) in [6, 6.07) is 16.7. The van der Waals surface area contributed by atoms with Gasteiger partial charge in [0.1, 0.15) is 0 Å². The molecule has 0 aliphatic heterocycles. The number of aliphatic hydroxyl groups is 1. The number of benzene rings is 2. The summed E-state index contributed by atoms with van der Waals surface area (Å²) < 4.78 is 0. The second kappa shape index (κ2) is 7.11. The zero-order valence-corrected chi connectivity index (χ0v) is 12.3. The zero-order chi connectivity index (χ0) is 14.4. The highest BCUT2D eigenvalue weighted by Crippen LogP contribution is 2.29. The van der Waals surface area contributed by atoms with Crippen molar-refractivity contribution >= 4 is 11.4 Å². The van der Waals surface area contributed by atoms with Crippen molar-refractivity contribution in [3.8, 4) is 0 Å². The van der Waals surface area contributed by atoms with Crippen LogP contribution in [0.1, 0.15) is 30.9 Å². The third-order valence-electron chi connectivity index (χ3n) is 3.54. The first-order valence-corrected chi connectivity index (χ1v) is 7.29. The van der Waals surface area contributed by atoms with Gasteiger partial charge in [0.2, 0.25) is 0 Å². The molecule has 0 saturated carbocycles. The Kier molecular flexibility index (Phi) is 5.19. The molecule has 0 atom stereocenters. The molecular weight excluding hydrogens is 246 g/mol. The largest absolute Gasteiger partial charge is 0.392 e. The molecule has 2 rings (SSSR count). The maximum Gasteiger partial charge on any atom is 0.0681 e. The van der Waals surface area contributed by atoms with Crippen LogP contribution >= 0.6 is 0 Å². The normalized spacial score (nSPS) is 10.6. The predicted octanol–water partition coefficient (Wildman–Crippen LogP) is 4.43. The lowest BCUT2D eigenvalue weighted by molar-refractivity contribution is 0.282. The summed E-state index contributed by atoms with van der Waals surface area (Å²) in [6.07, 6.45) is 2.34. The molecule has 0 aliphatic carbocycles. The van der Waals surface area contributed by atoms with Crippen LogP contribution in [0.4, 0.5) is 11.4 Å². The van der Waals surface area contributed by atoms with E-state index in [2.05, 4.69) is 55.1 Å². The minimum Gasteiger partial charge on any atom is -0.392 e. The van der Waals surface area contributed by atoms with Gasteiger partial charge in [0.05, 0.1) is 6.61 Å². The number of para-hydroxylation sites is 1. The van der Waals surface area contributed by atoms with Crippen molar-refractivity contribution in [3.05, 3.63) is 59.7 Å². The quantitative estimate of drug-likeness (QED) is 0.838. The molecule has 0 unspecified atom stereocenters. The Morgan fingerprint density at radius 2 is 1.80 bits per heavy atom. The topological polar surface area (TPSA) is 23.5 Å². The molecule has 106 valence electrons. The fraction of sp³-hybridized carbons (Fsp3) is 0.333. The van der Waals surface area contributed by atoms with Crippen LogP contribution in [0.3, 0.4) is 0 Å². The number of unbranched alkanes of at least 4 members (excludes halogenated alkanes) is 1. The van der Waals surface area contributed by atoms with E-state index < -0.39 is 0 Å². The van der Waals surface area contributed by atoms with E-state index in [9.17, 15) is 5.11 Å². The molecule has 1 N–H and O–H groups in total. The van der Waals surface area contributed by atoms with Crippen molar-refractivity contribution in [2.24, 2.45) is 0 Å². The lowest BCUT2D eigenvalue weighted by Gasteiger charge is -2.27. The third-order valence-corrected chi connectivity index (χ3v) is 3.54. The lowest BCUT2D eigenvalue weighted by Crippen LogP contribution is -2.19. The Labute approximate surface area is 121 Å². The van der Waals surface area contributed by atoms with Crippen molar-refractivity contribution in [1.29, 1.82) is 0 Å². The maximum atomic E-state index is 9.24. The van der Waals surface area contributed by atoms with Crippen molar-refractivity contribution in [2.45, 2.75) is 33.3 Å². The van der Waals surface area contributed by atoms with Gasteiger partial charge in [0.15, 0.2) is 0 Å². The van der Waals surface area contributed by atoms with Crippen LogP contribution < -0.4 is 4.90 Å². The van der Waals surface area contributed by atoms with Crippen molar-refractivity contribution in [3.63, 3.8) is 0 Å². The number of hydrogen-bond acceptors (Lipinski definition) is 2. The molecule has 0 aromatic heterocycles. The van der Waals surface area contributed by atoms with E-state index >= 15 is 0 Å². The number of aryl methyl sites for hydroxylation is 1. The fourth-order valence-electron chi connectivity index (χ4n) is 2.43. The summed E-state index contributed by atoms with van der Waals surface area (Å²) in [5.74, 6) is 0. The van der Waals surface area contributed by atoms with Crippen LogP contribution in [-0.4, -0.2) is 11.7 Å². The van der Waals surface area contributed by atoms with Crippen LogP contribution in [0.2, 0.25) is 0 Å². The zero-order valence-electron chi connectivity index (χ0n) is 12.3. The standard InChI is InChI=1S/C18H23NO/c1-3-4-12-19(17-8-6-5-7-9-17)18-11-10-16(14-20)13-15(18)2/h5-11,13,20H,3-4,12,14H2,1-2H3. The van der Waals surface area contributed by atoms with Crippen molar-refractivity contribution < 1.29 is 5.11 Å². The minimum atomic E-state index is 0.0986. The maximum absolute atomic E-state index is 9.24. The summed E-state index contributed by atoms with van der Waals surface area (Å²) in [4.78, 5) is 2.36. The van der Waals surface area contributed by atoms with Crippen LogP contribution in [0.15, 0.2) is 48.5 Å². The number of anilines is 2. The van der Waals surface area contributed by atoms with Gasteiger partial charge in [0, 0.05) is 17.9 Å². The van der Waals surface area contributed by atoms with Crippen LogP contribution in [-0.2, 0) is 6.61 Å². The Balaban J connectivity index is 2.36. The molecular formula is C18H23NO. The summed E-state index contributed by atoms with van der Waals surface area (Å²) >= 11 is 0. The Hall–Kier alpha value is -1.80. The molecule has 2 aromatic carbocycles. The molecule has 20 heavy (non-hydrogen) atoms. The average molecular weight is 269 g/mol. The van der Waals surface area contributed by atoms with Crippen LogP contribution in [0.5, 0.6) is 0 Å². The van der Waals surface area contributed by atoms with E-state index in [1.165, 1.54) is 23.4 Å². The van der Waals surface area contributed by atoms with Gasteiger partial charge in [-0.05, 0) is 42.7 Å². The monoisotopic (exact) mass is 269 g/mol. The van der Waals surface area contributed by atoms with Crippen molar-refractivity contribution in [2.75, 3.05) is 11.4 Å². The van der Waals surface area contributed by atoms with Gasteiger partial charge in [-0.15, -0.1) is 0 Å². The minimum absolute atomic E-state index is 0.0986. The smallest absolute Gasteiger partial charge is 0.0681 e. The first kappa shape index (κ1) is 14.6. The van der Waals surface area contributed by atoms with E-state index in [1.54, 1.807) is 0 Å². The summed E-state index contributed by atoms with van der Waals surface area (Å²) in [6.45, 7) is 5.43. The Morgan fingerprint density at radius 1 is 1.05 bits per heavy atom. The Bertz CT molecular complexity index is 536. The van der Waals surface area contributed by atoms with Gasteiger partial charge in [-0.2, -0.15) is 0 Å². The molecule has 0 fully saturated rings. The number of hydrogen-bond donors (Lipinski definition) is 1. The SMILES string of the molecule is CCCCN(c1ccccc1)c1ccc(CO)cc1C. The van der Waals surface area contributed by atoms with Gasteiger partial charge in [-0.25, -0.2) is 0 Å². The molecule has 0 aliphatic rings. The van der Waals surface area contributed by atoms with Gasteiger partial charge in [-0.3, -0.25) is 0 Å². The highest BCUT2D eigenvalue weighted by Gasteiger charge is 2.11. The summed E-state index contributed by atoms with van der Waals surface area (Å²) in [5, 5.41) is 9.24. The number of nitrogens with zero attached hydrogens (tertiary/aromatic N) is 1. The second-order valence-electron chi connectivity index (χ2n) is 5.12. The molecule has 2 nitrogen and oxygen atoms in total. The summed E-state index contributed by atoms with van der Waals surface area (Å²) in [7, 11) is 0. The number of aliphatic hydroxyl groups excluding tert-OH is 1. The second-order valence-corrected chi connectivity index (χ2v) is 5.12. The lowest BCUT2D eigenvalue weighted by atomic mass is 10.1.